The van der Waals surface area contributed by atoms with Crippen molar-refractivity contribution in [2.45, 2.75) is 32.7 Å². The molecule has 0 radical (unpaired) electrons. The Bertz CT molecular complexity index is 532. The summed E-state index contributed by atoms with van der Waals surface area (Å²) in [6, 6.07) is 10.1. The van der Waals surface area contributed by atoms with Gasteiger partial charge in [0.05, 0.1) is 6.54 Å². The lowest BCUT2D eigenvalue weighted by molar-refractivity contribution is 0.538. The largest absolute Gasteiger partial charge is 0.459 e. The zero-order valence-electron chi connectivity index (χ0n) is 12.7. The van der Waals surface area contributed by atoms with Gasteiger partial charge in [-0.1, -0.05) is 38.0 Å². The molecule has 0 aliphatic heterocycles. The molecule has 0 unspecified atom stereocenters. The number of nitrogens with one attached hydrogen (secondary N) is 2. The molecule has 0 saturated carbocycles. The fraction of sp³-hybridized carbons (Fsp3) is 0.438. The summed E-state index contributed by atoms with van der Waals surface area (Å²) in [5.41, 5.74) is 0.926. The molecule has 0 aliphatic carbocycles. The summed E-state index contributed by atoms with van der Waals surface area (Å²) in [6.45, 7) is 3.80. The number of furan rings is 1. The van der Waals surface area contributed by atoms with Crippen LogP contribution < -0.4 is 10.6 Å². The van der Waals surface area contributed by atoms with Crippen LogP contribution in [-0.2, 0) is 6.54 Å². The second-order valence-electron chi connectivity index (χ2n) is 4.81. The van der Waals surface area contributed by atoms with Gasteiger partial charge in [-0.15, -0.1) is 24.0 Å². The number of fused-ring (bicyclic) bond motifs is 1. The number of hydrogen-bond acceptors (Lipinski definition) is 2. The van der Waals surface area contributed by atoms with E-state index in [4.69, 9.17) is 4.42 Å². The molecule has 0 bridgehead atoms. The lowest BCUT2D eigenvalue weighted by atomic mass is 10.2. The number of unbranched alkanes of at least 4 members (excludes halogenated alkanes) is 2. The first kappa shape index (κ1) is 17.8. The van der Waals surface area contributed by atoms with Crippen LogP contribution in [0.5, 0.6) is 0 Å². The fourth-order valence-electron chi connectivity index (χ4n) is 2.10. The van der Waals surface area contributed by atoms with E-state index in [2.05, 4.69) is 34.7 Å². The van der Waals surface area contributed by atoms with Gasteiger partial charge in [0.2, 0.25) is 0 Å². The van der Waals surface area contributed by atoms with Gasteiger partial charge in [0.1, 0.15) is 11.3 Å². The van der Waals surface area contributed by atoms with E-state index >= 15 is 0 Å². The molecule has 2 N–H and O–H groups in total. The van der Waals surface area contributed by atoms with E-state index in [0.717, 1.165) is 29.2 Å². The van der Waals surface area contributed by atoms with E-state index in [-0.39, 0.29) is 24.0 Å². The first-order valence-electron chi connectivity index (χ1n) is 7.25. The Morgan fingerprint density at radius 1 is 1.19 bits per heavy atom. The second kappa shape index (κ2) is 9.65. The number of nitrogens with zero attached hydrogens (tertiary/aromatic N) is 1. The molecular formula is C16H24IN3O. The first-order valence-corrected chi connectivity index (χ1v) is 7.25. The quantitative estimate of drug-likeness (QED) is 0.334. The van der Waals surface area contributed by atoms with Crippen LogP contribution >= 0.6 is 24.0 Å². The number of para-hydroxylation sites is 1. The highest BCUT2D eigenvalue weighted by atomic mass is 127. The number of guanidine groups is 1. The van der Waals surface area contributed by atoms with Crippen molar-refractivity contribution < 1.29 is 4.42 Å². The zero-order valence-corrected chi connectivity index (χ0v) is 15.0. The van der Waals surface area contributed by atoms with Gasteiger partial charge in [-0.25, -0.2) is 0 Å². The molecular weight excluding hydrogens is 377 g/mol. The maximum Gasteiger partial charge on any atom is 0.191 e. The average Bonchev–Trinajstić information content (AvgIpc) is 2.89. The highest BCUT2D eigenvalue weighted by Crippen LogP contribution is 2.18. The van der Waals surface area contributed by atoms with Gasteiger partial charge >= 0.3 is 0 Å². The fourth-order valence-corrected chi connectivity index (χ4v) is 2.10. The molecule has 116 valence electrons. The van der Waals surface area contributed by atoms with Gasteiger partial charge in [0, 0.05) is 19.0 Å². The monoisotopic (exact) mass is 401 g/mol. The molecule has 1 aromatic heterocycles. The molecule has 0 aliphatic rings. The molecule has 21 heavy (non-hydrogen) atoms. The minimum absolute atomic E-state index is 0. The highest BCUT2D eigenvalue weighted by Gasteiger charge is 2.03. The van der Waals surface area contributed by atoms with E-state index in [9.17, 15) is 0 Å². The Hall–Kier alpha value is -1.24. The van der Waals surface area contributed by atoms with Crippen molar-refractivity contribution in [1.82, 2.24) is 10.6 Å². The number of halogens is 1. The molecule has 2 aromatic rings. The Morgan fingerprint density at radius 3 is 2.71 bits per heavy atom. The van der Waals surface area contributed by atoms with Crippen LogP contribution in [0.1, 0.15) is 31.9 Å². The summed E-state index contributed by atoms with van der Waals surface area (Å²) in [5.74, 6) is 1.74. The number of hydrogen-bond donors (Lipinski definition) is 2. The van der Waals surface area contributed by atoms with Gasteiger partial charge in [-0.3, -0.25) is 4.99 Å². The summed E-state index contributed by atoms with van der Waals surface area (Å²) in [6.07, 6.45) is 3.64. The minimum atomic E-state index is 0. The predicted octanol–water partition coefficient (Wildman–Crippen LogP) is 3.91. The van der Waals surface area contributed by atoms with Crippen LogP contribution in [0.25, 0.3) is 11.0 Å². The van der Waals surface area contributed by atoms with Crippen LogP contribution in [0.2, 0.25) is 0 Å². The third-order valence-corrected chi connectivity index (χ3v) is 3.20. The first-order chi connectivity index (χ1) is 9.83. The van der Waals surface area contributed by atoms with Gasteiger partial charge in [0.15, 0.2) is 5.96 Å². The van der Waals surface area contributed by atoms with E-state index < -0.39 is 0 Å². The molecule has 1 heterocycles. The number of rotatable bonds is 6. The lowest BCUT2D eigenvalue weighted by Crippen LogP contribution is -2.37. The number of benzene rings is 1. The van der Waals surface area contributed by atoms with E-state index in [1.165, 1.54) is 19.3 Å². The van der Waals surface area contributed by atoms with Gasteiger partial charge < -0.3 is 15.1 Å². The van der Waals surface area contributed by atoms with Gasteiger partial charge in [0.25, 0.3) is 0 Å². The Kier molecular flexibility index (Phi) is 8.19. The molecule has 5 heteroatoms. The van der Waals surface area contributed by atoms with Crippen LogP contribution in [0.3, 0.4) is 0 Å². The molecule has 0 fully saturated rings. The zero-order chi connectivity index (χ0) is 14.2. The molecule has 0 amide bonds. The van der Waals surface area contributed by atoms with Gasteiger partial charge in [-0.05, 0) is 18.6 Å². The number of aliphatic imine (C=N–C) groups is 1. The summed E-state index contributed by atoms with van der Waals surface area (Å²) in [7, 11) is 1.79. The Balaban J connectivity index is 0.00000220. The normalized spacial score (nSPS) is 11.2. The smallest absolute Gasteiger partial charge is 0.191 e. The average molecular weight is 401 g/mol. The van der Waals surface area contributed by atoms with Crippen LogP contribution in [0.4, 0.5) is 0 Å². The van der Waals surface area contributed by atoms with E-state index in [1.807, 2.05) is 18.2 Å². The Morgan fingerprint density at radius 2 is 2.00 bits per heavy atom. The standard InChI is InChI=1S/C16H23N3O.HI/c1-3-4-7-10-18-16(17-2)19-12-14-11-13-8-5-6-9-15(13)20-14;/h5-6,8-9,11H,3-4,7,10,12H2,1-2H3,(H2,17,18,19);1H. The highest BCUT2D eigenvalue weighted by molar-refractivity contribution is 14.0. The van der Waals surface area contributed by atoms with Crippen molar-refractivity contribution in [2.75, 3.05) is 13.6 Å². The third kappa shape index (κ3) is 5.57. The predicted molar refractivity (Wildman–Crippen MR) is 99.4 cm³/mol. The topological polar surface area (TPSA) is 49.6 Å². The summed E-state index contributed by atoms with van der Waals surface area (Å²) >= 11 is 0. The molecule has 2 rings (SSSR count). The van der Waals surface area contributed by atoms with Crippen molar-refractivity contribution in [2.24, 2.45) is 4.99 Å². The summed E-state index contributed by atoms with van der Waals surface area (Å²) in [4.78, 5) is 4.21. The van der Waals surface area contributed by atoms with Crippen LogP contribution in [0.15, 0.2) is 39.7 Å². The second-order valence-corrected chi connectivity index (χ2v) is 4.81. The van der Waals surface area contributed by atoms with Crippen molar-refractivity contribution in [3.63, 3.8) is 0 Å². The summed E-state index contributed by atoms with van der Waals surface area (Å²) in [5, 5.41) is 7.71. The lowest BCUT2D eigenvalue weighted by Gasteiger charge is -2.10. The van der Waals surface area contributed by atoms with Crippen molar-refractivity contribution in [3.8, 4) is 0 Å². The summed E-state index contributed by atoms with van der Waals surface area (Å²) < 4.78 is 5.76. The molecule has 0 atom stereocenters. The van der Waals surface area contributed by atoms with Crippen LogP contribution in [-0.4, -0.2) is 19.6 Å². The molecule has 1 aromatic carbocycles. The minimum Gasteiger partial charge on any atom is -0.459 e. The van der Waals surface area contributed by atoms with Crippen LogP contribution in [0, 0.1) is 0 Å². The van der Waals surface area contributed by atoms with Crippen molar-refractivity contribution in [1.29, 1.82) is 0 Å². The third-order valence-electron chi connectivity index (χ3n) is 3.20. The van der Waals surface area contributed by atoms with Gasteiger partial charge in [-0.2, -0.15) is 0 Å². The van der Waals surface area contributed by atoms with Crippen molar-refractivity contribution in [3.05, 3.63) is 36.1 Å². The van der Waals surface area contributed by atoms with Crippen molar-refractivity contribution >= 4 is 40.9 Å². The maximum atomic E-state index is 5.76. The van der Waals surface area contributed by atoms with E-state index in [1.54, 1.807) is 7.05 Å². The molecule has 0 saturated heterocycles. The molecule has 0 spiro atoms. The Labute approximate surface area is 143 Å². The molecule has 4 nitrogen and oxygen atoms in total. The maximum absolute atomic E-state index is 5.76. The SMILES string of the molecule is CCCCCNC(=NC)NCc1cc2ccccc2o1.I. The van der Waals surface area contributed by atoms with E-state index in [0.29, 0.717) is 6.54 Å².